The fraction of sp³-hybridized carbons (Fsp3) is 0.370. The molecule has 1 atom stereocenters. The van der Waals surface area contributed by atoms with Crippen LogP contribution in [0.4, 0.5) is 0 Å². The minimum atomic E-state index is -0.797. The third kappa shape index (κ3) is 5.65. The number of carbonyl (C=O) groups excluding carboxylic acids is 3. The fourth-order valence-electron chi connectivity index (χ4n) is 4.04. The zero-order chi connectivity index (χ0) is 25.5. The summed E-state index contributed by atoms with van der Waals surface area (Å²) in [6.45, 7) is 8.12. The zero-order valence-corrected chi connectivity index (χ0v) is 20.5. The number of Topliss-reactive ketones (excluding diaryl/α,β-unsaturated/α-hetero) is 1. The molecular formula is C27H31NO7. The number of hydrogen-bond donors (Lipinski definition) is 1. The minimum absolute atomic E-state index is 0.0172. The molecule has 0 aliphatic carbocycles. The van der Waals surface area contributed by atoms with E-state index in [1.807, 2.05) is 20.8 Å². The maximum atomic E-state index is 13.2. The molecule has 2 aromatic rings. The van der Waals surface area contributed by atoms with Gasteiger partial charge >= 0.3 is 5.97 Å². The van der Waals surface area contributed by atoms with Gasteiger partial charge in [-0.3, -0.25) is 14.4 Å². The van der Waals surface area contributed by atoms with Gasteiger partial charge in [0.15, 0.2) is 0 Å². The molecule has 3 rings (SSSR count). The standard InChI is InChI=1S/C27H31NO7/c1-5-8-15-28-24(18-9-11-19(12-10-18)35-17(4)29)23(26(31)27(28)32)25(30)21-14-13-20(33-6-2)16-22(21)34-7-3/h9-14,16,24,30H,5-8,15H2,1-4H3/b25-23-. The van der Waals surface area contributed by atoms with Crippen molar-refractivity contribution in [3.05, 3.63) is 59.2 Å². The van der Waals surface area contributed by atoms with Gasteiger partial charge in [-0.15, -0.1) is 0 Å². The second kappa shape index (κ2) is 11.6. The number of amides is 1. The van der Waals surface area contributed by atoms with E-state index >= 15 is 0 Å². The van der Waals surface area contributed by atoms with Gasteiger partial charge < -0.3 is 24.2 Å². The molecule has 1 aliphatic heterocycles. The van der Waals surface area contributed by atoms with E-state index in [4.69, 9.17) is 14.2 Å². The number of ether oxygens (including phenoxy) is 3. The van der Waals surface area contributed by atoms with Gasteiger partial charge in [0.25, 0.3) is 11.7 Å². The van der Waals surface area contributed by atoms with E-state index in [9.17, 15) is 19.5 Å². The van der Waals surface area contributed by atoms with Crippen LogP contribution < -0.4 is 14.2 Å². The van der Waals surface area contributed by atoms with Crippen LogP contribution in [0.15, 0.2) is 48.0 Å². The van der Waals surface area contributed by atoms with Crippen LogP contribution >= 0.6 is 0 Å². The van der Waals surface area contributed by atoms with Crippen LogP contribution in [0.25, 0.3) is 5.76 Å². The minimum Gasteiger partial charge on any atom is -0.507 e. The van der Waals surface area contributed by atoms with Crippen molar-refractivity contribution < 1.29 is 33.7 Å². The van der Waals surface area contributed by atoms with Gasteiger partial charge in [-0.05, 0) is 50.1 Å². The second-order valence-corrected chi connectivity index (χ2v) is 8.03. The Morgan fingerprint density at radius 3 is 2.23 bits per heavy atom. The number of ketones is 1. The lowest BCUT2D eigenvalue weighted by molar-refractivity contribution is -0.139. The molecule has 0 spiro atoms. The molecule has 0 radical (unpaired) electrons. The number of benzene rings is 2. The van der Waals surface area contributed by atoms with Crippen molar-refractivity contribution >= 4 is 23.4 Å². The molecule has 1 heterocycles. The van der Waals surface area contributed by atoms with Gasteiger partial charge in [0.1, 0.15) is 23.0 Å². The smallest absolute Gasteiger partial charge is 0.308 e. The molecule has 1 N–H and O–H groups in total. The quantitative estimate of drug-likeness (QED) is 0.173. The molecule has 0 aromatic heterocycles. The van der Waals surface area contributed by atoms with E-state index in [0.29, 0.717) is 54.6 Å². The molecule has 0 saturated carbocycles. The summed E-state index contributed by atoms with van der Waals surface area (Å²) in [4.78, 5) is 39.0. The zero-order valence-electron chi connectivity index (χ0n) is 20.5. The molecule has 1 amide bonds. The Morgan fingerprint density at radius 1 is 0.971 bits per heavy atom. The summed E-state index contributed by atoms with van der Waals surface area (Å²) in [5, 5.41) is 11.4. The first-order valence-electron chi connectivity index (χ1n) is 11.8. The summed E-state index contributed by atoms with van der Waals surface area (Å²) in [7, 11) is 0. The first-order chi connectivity index (χ1) is 16.8. The Labute approximate surface area is 205 Å². The topological polar surface area (TPSA) is 102 Å². The number of nitrogens with zero attached hydrogens (tertiary/aromatic N) is 1. The monoisotopic (exact) mass is 481 g/mol. The molecule has 8 heteroatoms. The SMILES string of the molecule is CCCCN1C(=O)C(=O)/C(=C(\O)c2ccc(OCC)cc2OCC)C1c1ccc(OC(C)=O)cc1. The van der Waals surface area contributed by atoms with Gasteiger partial charge in [-0.2, -0.15) is 0 Å². The fourth-order valence-corrected chi connectivity index (χ4v) is 4.04. The number of rotatable bonds is 10. The first kappa shape index (κ1) is 25.8. The number of aliphatic hydroxyl groups excluding tert-OH is 1. The molecule has 186 valence electrons. The highest BCUT2D eigenvalue weighted by Gasteiger charge is 2.46. The van der Waals surface area contributed by atoms with E-state index in [1.165, 1.54) is 11.8 Å². The van der Waals surface area contributed by atoms with Crippen molar-refractivity contribution in [3.63, 3.8) is 0 Å². The van der Waals surface area contributed by atoms with Crippen molar-refractivity contribution in [3.8, 4) is 17.2 Å². The maximum absolute atomic E-state index is 13.2. The Balaban J connectivity index is 2.15. The average Bonchev–Trinajstić information content (AvgIpc) is 3.08. The van der Waals surface area contributed by atoms with Crippen LogP contribution in [0, 0.1) is 0 Å². The number of unbranched alkanes of at least 4 members (excludes halogenated alkanes) is 1. The number of esters is 1. The highest BCUT2D eigenvalue weighted by atomic mass is 16.5. The first-order valence-corrected chi connectivity index (χ1v) is 11.8. The van der Waals surface area contributed by atoms with E-state index < -0.39 is 23.7 Å². The van der Waals surface area contributed by atoms with Crippen molar-refractivity contribution in [2.24, 2.45) is 0 Å². The number of carbonyl (C=O) groups is 3. The summed E-state index contributed by atoms with van der Waals surface area (Å²) in [6, 6.07) is 10.7. The van der Waals surface area contributed by atoms with Gasteiger partial charge in [-0.1, -0.05) is 25.5 Å². The van der Waals surface area contributed by atoms with E-state index in [0.717, 1.165) is 6.42 Å². The third-order valence-corrected chi connectivity index (χ3v) is 5.57. The Kier molecular flexibility index (Phi) is 8.52. The van der Waals surface area contributed by atoms with Crippen LogP contribution in [-0.4, -0.2) is 47.4 Å². The normalized spacial score (nSPS) is 16.9. The molecule has 1 aliphatic rings. The van der Waals surface area contributed by atoms with Gasteiger partial charge in [0, 0.05) is 19.5 Å². The lowest BCUT2D eigenvalue weighted by Crippen LogP contribution is -2.30. The van der Waals surface area contributed by atoms with Crippen molar-refractivity contribution in [1.82, 2.24) is 4.90 Å². The summed E-state index contributed by atoms with van der Waals surface area (Å²) in [6.07, 6.45) is 1.52. The molecular weight excluding hydrogens is 450 g/mol. The molecule has 0 bridgehead atoms. The Morgan fingerprint density at radius 2 is 1.63 bits per heavy atom. The maximum Gasteiger partial charge on any atom is 0.308 e. The summed E-state index contributed by atoms with van der Waals surface area (Å²) in [5.41, 5.74) is 0.892. The van der Waals surface area contributed by atoms with Crippen molar-refractivity contribution in [2.45, 2.75) is 46.6 Å². The number of hydrogen-bond acceptors (Lipinski definition) is 7. The molecule has 1 fully saturated rings. The molecule has 1 unspecified atom stereocenters. The molecule has 35 heavy (non-hydrogen) atoms. The second-order valence-electron chi connectivity index (χ2n) is 8.03. The van der Waals surface area contributed by atoms with Gasteiger partial charge in [0.2, 0.25) is 0 Å². The summed E-state index contributed by atoms with van der Waals surface area (Å²) < 4.78 is 16.4. The predicted molar refractivity (Wildman–Crippen MR) is 130 cm³/mol. The third-order valence-electron chi connectivity index (χ3n) is 5.57. The van der Waals surface area contributed by atoms with Crippen LogP contribution in [0.1, 0.15) is 57.7 Å². The van der Waals surface area contributed by atoms with Crippen molar-refractivity contribution in [1.29, 1.82) is 0 Å². The Hall–Kier alpha value is -3.81. The van der Waals surface area contributed by atoms with Crippen LogP contribution in [0.2, 0.25) is 0 Å². The van der Waals surface area contributed by atoms with Gasteiger partial charge in [-0.25, -0.2) is 0 Å². The van der Waals surface area contributed by atoms with Gasteiger partial charge in [0.05, 0.1) is 30.4 Å². The summed E-state index contributed by atoms with van der Waals surface area (Å²) in [5.74, 6) is -0.944. The number of likely N-dealkylation sites (tertiary alicyclic amines) is 1. The molecule has 1 saturated heterocycles. The largest absolute Gasteiger partial charge is 0.507 e. The lowest BCUT2D eigenvalue weighted by atomic mass is 9.94. The van der Waals surface area contributed by atoms with Crippen LogP contribution in [-0.2, 0) is 14.4 Å². The average molecular weight is 482 g/mol. The van der Waals surface area contributed by atoms with Crippen molar-refractivity contribution in [2.75, 3.05) is 19.8 Å². The van der Waals surface area contributed by atoms with Crippen LogP contribution in [0.5, 0.6) is 17.2 Å². The highest BCUT2D eigenvalue weighted by Crippen LogP contribution is 2.42. The van der Waals surface area contributed by atoms with E-state index in [2.05, 4.69) is 0 Å². The summed E-state index contributed by atoms with van der Waals surface area (Å²) >= 11 is 0. The van der Waals surface area contributed by atoms with E-state index in [-0.39, 0.29) is 11.3 Å². The number of aliphatic hydroxyl groups is 1. The van der Waals surface area contributed by atoms with Crippen LogP contribution in [0.3, 0.4) is 0 Å². The molecule has 8 nitrogen and oxygen atoms in total. The lowest BCUT2D eigenvalue weighted by Gasteiger charge is -2.25. The molecule has 2 aromatic carbocycles. The highest BCUT2D eigenvalue weighted by molar-refractivity contribution is 6.46. The Bertz CT molecular complexity index is 1120. The predicted octanol–water partition coefficient (Wildman–Crippen LogP) is 4.63. The van der Waals surface area contributed by atoms with E-state index in [1.54, 1.807) is 42.5 Å².